The molecule has 0 unspecified atom stereocenters. The van der Waals surface area contributed by atoms with E-state index in [0.717, 1.165) is 6.54 Å². The standard InChI is InChI=1S/C5H8NP/c1-2-6-3-5-7-4-1/h3,5H,1-2,4H2. The minimum atomic E-state index is 1.03. The van der Waals surface area contributed by atoms with Gasteiger partial charge < -0.3 is 0 Å². The summed E-state index contributed by atoms with van der Waals surface area (Å²) in [5.41, 5.74) is 0. The Kier molecular flexibility index (Phi) is 2.08. The van der Waals surface area contributed by atoms with Crippen molar-refractivity contribution in [3.8, 4) is 0 Å². The average molecular weight is 113 g/mol. The average Bonchev–Trinajstić information content (AvgIpc) is 1.90. The molecule has 1 rings (SSSR count). The molecule has 0 bridgehead atoms. The van der Waals surface area contributed by atoms with Crippen molar-refractivity contribution in [2.24, 2.45) is 4.99 Å². The largest absolute Gasteiger partial charge is 0.293 e. The predicted molar refractivity (Wildman–Crippen MR) is 35.8 cm³/mol. The maximum absolute atomic E-state index is 4.08. The zero-order chi connectivity index (χ0) is 4.95. The summed E-state index contributed by atoms with van der Waals surface area (Å²) in [6, 6.07) is 0. The van der Waals surface area contributed by atoms with Crippen LogP contribution >= 0.6 is 8.20 Å². The molecule has 0 aromatic carbocycles. The maximum atomic E-state index is 4.08. The molecule has 0 radical (unpaired) electrons. The molecule has 0 aromatic rings. The van der Waals surface area contributed by atoms with Gasteiger partial charge in [0.2, 0.25) is 0 Å². The molecule has 7 heavy (non-hydrogen) atoms. The Balaban J connectivity index is 2.39. The molecule has 1 aliphatic heterocycles. The summed E-state index contributed by atoms with van der Waals surface area (Å²) >= 11 is 0. The van der Waals surface area contributed by atoms with E-state index < -0.39 is 0 Å². The van der Waals surface area contributed by atoms with Crippen LogP contribution in [0, 0.1) is 0 Å². The summed E-state index contributed by atoms with van der Waals surface area (Å²) in [5.74, 6) is 2.10. The lowest BCUT2D eigenvalue weighted by Gasteiger charge is -1.81. The third-order valence-electron chi connectivity index (χ3n) is 0.852. The van der Waals surface area contributed by atoms with Crippen molar-refractivity contribution in [3.05, 3.63) is 0 Å². The van der Waals surface area contributed by atoms with Crippen LogP contribution in [0.15, 0.2) is 4.99 Å². The van der Waals surface area contributed by atoms with Gasteiger partial charge in [-0.25, -0.2) is 0 Å². The lowest BCUT2D eigenvalue weighted by Crippen LogP contribution is -1.77. The Labute approximate surface area is 45.3 Å². The van der Waals surface area contributed by atoms with Gasteiger partial charge in [0.25, 0.3) is 0 Å². The highest BCUT2D eigenvalue weighted by molar-refractivity contribution is 7.40. The van der Waals surface area contributed by atoms with E-state index >= 15 is 0 Å². The van der Waals surface area contributed by atoms with Gasteiger partial charge in [-0.05, 0) is 18.4 Å². The summed E-state index contributed by atoms with van der Waals surface area (Å²) in [5, 5.41) is 0. The van der Waals surface area contributed by atoms with Crippen LogP contribution in [0.25, 0.3) is 0 Å². The fourth-order valence-corrected chi connectivity index (χ4v) is 1.16. The van der Waals surface area contributed by atoms with Gasteiger partial charge in [0.05, 0.1) is 0 Å². The Morgan fingerprint density at radius 3 is 3.57 bits per heavy atom. The number of hydrogen-bond acceptors (Lipinski definition) is 1. The van der Waals surface area contributed by atoms with Crippen LogP contribution in [0.3, 0.4) is 0 Å². The third kappa shape index (κ3) is 1.84. The Morgan fingerprint density at radius 2 is 2.57 bits per heavy atom. The van der Waals surface area contributed by atoms with Crippen molar-refractivity contribution in [1.82, 2.24) is 0 Å². The number of aliphatic imine (C=N–C) groups is 1. The first-order valence-electron chi connectivity index (χ1n) is 2.48. The normalized spacial score (nSPS) is 21.7. The van der Waals surface area contributed by atoms with E-state index in [1.807, 2.05) is 6.21 Å². The summed E-state index contributed by atoms with van der Waals surface area (Å²) in [4.78, 5) is 4.08. The molecular formula is C5H8NP. The first-order valence-corrected chi connectivity index (χ1v) is 3.63. The van der Waals surface area contributed by atoms with Crippen LogP contribution in [0.2, 0.25) is 0 Å². The molecule has 0 saturated heterocycles. The fraction of sp³-hybridized carbons (Fsp3) is 0.600. The van der Waals surface area contributed by atoms with Gasteiger partial charge in [0, 0.05) is 12.8 Å². The van der Waals surface area contributed by atoms with Gasteiger partial charge in [-0.2, -0.15) is 0 Å². The van der Waals surface area contributed by atoms with Crippen LogP contribution in [0.5, 0.6) is 0 Å². The smallest absolute Gasteiger partial charge is 0.0395 e. The van der Waals surface area contributed by atoms with E-state index in [2.05, 4.69) is 10.8 Å². The molecule has 0 amide bonds. The molecule has 0 aromatic heterocycles. The number of nitrogens with zero attached hydrogens (tertiary/aromatic N) is 1. The first kappa shape index (κ1) is 4.99. The summed E-state index contributed by atoms with van der Waals surface area (Å²) in [6.45, 7) is 1.03. The van der Waals surface area contributed by atoms with E-state index in [0.29, 0.717) is 0 Å². The van der Waals surface area contributed by atoms with E-state index in [4.69, 9.17) is 0 Å². The van der Waals surface area contributed by atoms with E-state index in [-0.39, 0.29) is 0 Å². The van der Waals surface area contributed by atoms with Crippen molar-refractivity contribution in [1.29, 1.82) is 0 Å². The quantitative estimate of drug-likeness (QED) is 0.419. The lowest BCUT2D eigenvalue weighted by molar-refractivity contribution is 0.951. The topological polar surface area (TPSA) is 12.4 Å². The second-order valence-electron chi connectivity index (χ2n) is 1.46. The SMILES string of the molecule is C1=NCCCP=C1. The van der Waals surface area contributed by atoms with Gasteiger partial charge in [-0.1, -0.05) is 0 Å². The van der Waals surface area contributed by atoms with Gasteiger partial charge in [-0.3, -0.25) is 4.99 Å². The molecule has 2 heteroatoms. The second kappa shape index (κ2) is 2.92. The zero-order valence-corrected chi connectivity index (χ0v) is 5.06. The number of hydrogen-bond donors (Lipinski definition) is 0. The van der Waals surface area contributed by atoms with Crippen molar-refractivity contribution >= 4 is 20.2 Å². The Morgan fingerprint density at radius 1 is 1.57 bits per heavy atom. The van der Waals surface area contributed by atoms with E-state index in [1.54, 1.807) is 0 Å². The maximum Gasteiger partial charge on any atom is 0.0395 e. The molecule has 38 valence electrons. The van der Waals surface area contributed by atoms with Crippen molar-refractivity contribution < 1.29 is 0 Å². The molecule has 0 aliphatic carbocycles. The molecule has 0 spiro atoms. The molecular weight excluding hydrogens is 105 g/mol. The third-order valence-corrected chi connectivity index (χ3v) is 1.77. The summed E-state index contributed by atoms with van der Waals surface area (Å²) in [6.07, 6.45) is 4.46. The first-order chi connectivity index (χ1) is 3.50. The van der Waals surface area contributed by atoms with Gasteiger partial charge in [0.1, 0.15) is 0 Å². The van der Waals surface area contributed by atoms with Crippen LogP contribution in [-0.2, 0) is 0 Å². The van der Waals surface area contributed by atoms with Crippen molar-refractivity contribution in [2.75, 3.05) is 12.7 Å². The fourth-order valence-electron chi connectivity index (χ4n) is 0.497. The second-order valence-corrected chi connectivity index (χ2v) is 2.57. The number of rotatable bonds is 0. The van der Waals surface area contributed by atoms with Crippen LogP contribution < -0.4 is 0 Å². The van der Waals surface area contributed by atoms with E-state index in [1.165, 1.54) is 20.8 Å². The minimum Gasteiger partial charge on any atom is -0.293 e. The van der Waals surface area contributed by atoms with Crippen LogP contribution in [0.1, 0.15) is 6.42 Å². The zero-order valence-electron chi connectivity index (χ0n) is 4.17. The van der Waals surface area contributed by atoms with Crippen LogP contribution in [0.4, 0.5) is 0 Å². The highest BCUT2D eigenvalue weighted by Gasteiger charge is 1.82. The molecule has 1 heterocycles. The summed E-state index contributed by atoms with van der Waals surface area (Å²) in [7, 11) is 1.43. The highest BCUT2D eigenvalue weighted by Crippen LogP contribution is 1.98. The summed E-state index contributed by atoms with van der Waals surface area (Å²) < 4.78 is 0. The molecule has 0 atom stereocenters. The molecule has 0 fully saturated rings. The van der Waals surface area contributed by atoms with Crippen LogP contribution in [-0.4, -0.2) is 24.7 Å². The Bertz CT molecular complexity index is 84.3. The lowest BCUT2D eigenvalue weighted by atomic mass is 10.5. The predicted octanol–water partition coefficient (Wildman–Crippen LogP) is 1.21. The molecule has 1 nitrogen and oxygen atoms in total. The molecule has 0 saturated carbocycles. The Hall–Kier alpha value is -0.160. The molecule has 1 aliphatic rings. The van der Waals surface area contributed by atoms with E-state index in [9.17, 15) is 0 Å². The van der Waals surface area contributed by atoms with Gasteiger partial charge in [-0.15, -0.1) is 8.20 Å². The highest BCUT2D eigenvalue weighted by atomic mass is 31.1. The van der Waals surface area contributed by atoms with Crippen molar-refractivity contribution in [2.45, 2.75) is 6.42 Å². The van der Waals surface area contributed by atoms with Gasteiger partial charge in [0.15, 0.2) is 0 Å². The monoisotopic (exact) mass is 113 g/mol. The minimum absolute atomic E-state index is 1.03. The van der Waals surface area contributed by atoms with Crippen molar-refractivity contribution in [3.63, 3.8) is 0 Å². The molecule has 0 N–H and O–H groups in total. The van der Waals surface area contributed by atoms with Gasteiger partial charge >= 0.3 is 0 Å².